The Labute approximate surface area is 175 Å². The Morgan fingerprint density at radius 1 is 1.14 bits per heavy atom. The second-order valence-corrected chi connectivity index (χ2v) is 8.34. The number of hydrogen-bond donors (Lipinski definition) is 1. The molecule has 0 saturated carbocycles. The van der Waals surface area contributed by atoms with Gasteiger partial charge in [0.25, 0.3) is 0 Å². The molecule has 0 radical (unpaired) electrons. The van der Waals surface area contributed by atoms with Crippen LogP contribution < -0.4 is 5.32 Å². The second kappa shape index (κ2) is 10.5. The summed E-state index contributed by atoms with van der Waals surface area (Å²) in [4.78, 5) is 19.5. The molecule has 1 aromatic carbocycles. The van der Waals surface area contributed by atoms with Gasteiger partial charge in [0.2, 0.25) is 5.91 Å². The van der Waals surface area contributed by atoms with E-state index in [4.69, 9.17) is 0 Å². The summed E-state index contributed by atoms with van der Waals surface area (Å²) in [7, 11) is 0. The average Bonchev–Trinajstić information content (AvgIpc) is 3.39. The minimum Gasteiger partial charge on any atom is -0.354 e. The maximum Gasteiger partial charge on any atom is 0.226 e. The molecule has 0 aliphatic rings. The van der Waals surface area contributed by atoms with E-state index in [2.05, 4.69) is 64.8 Å². The quantitative estimate of drug-likeness (QED) is 0.533. The lowest BCUT2D eigenvalue weighted by molar-refractivity contribution is -0.120. The summed E-state index contributed by atoms with van der Waals surface area (Å²) in [5.41, 5.74) is 3.27. The van der Waals surface area contributed by atoms with Crippen molar-refractivity contribution in [2.45, 2.75) is 32.7 Å². The number of carbonyl (C=O) groups is 1. The van der Waals surface area contributed by atoms with Crippen molar-refractivity contribution in [2.75, 3.05) is 19.6 Å². The number of amides is 1. The number of benzene rings is 1. The van der Waals surface area contributed by atoms with Gasteiger partial charge in [-0.2, -0.15) is 11.3 Å². The van der Waals surface area contributed by atoms with E-state index in [1.807, 2.05) is 16.8 Å². The lowest BCUT2D eigenvalue weighted by Gasteiger charge is -2.30. The molecule has 3 rings (SSSR count). The molecule has 1 atom stereocenters. The van der Waals surface area contributed by atoms with E-state index in [-0.39, 0.29) is 11.9 Å². The molecule has 3 aromatic rings. The standard InChI is InChI=1S/C22H27N3OS2/c1-3-25(4-2)20(12-17-8-6-5-7-9-17)14-23-21(26)13-19-16-28-22(24-19)18-10-11-27-15-18/h5-11,15-16,20H,3-4,12-14H2,1-2H3,(H,23,26). The highest BCUT2D eigenvalue weighted by molar-refractivity contribution is 7.14. The first-order valence-electron chi connectivity index (χ1n) is 9.71. The summed E-state index contributed by atoms with van der Waals surface area (Å²) < 4.78 is 0. The SMILES string of the molecule is CCN(CC)C(CNC(=O)Cc1csc(-c2ccsc2)n1)Cc1ccccc1. The average molecular weight is 414 g/mol. The fourth-order valence-electron chi connectivity index (χ4n) is 3.32. The molecule has 28 heavy (non-hydrogen) atoms. The van der Waals surface area contributed by atoms with Crippen molar-refractivity contribution in [1.29, 1.82) is 0 Å². The van der Waals surface area contributed by atoms with Gasteiger partial charge in [-0.15, -0.1) is 11.3 Å². The third-order valence-corrected chi connectivity index (χ3v) is 6.46. The predicted molar refractivity (Wildman–Crippen MR) is 119 cm³/mol. The molecule has 0 bridgehead atoms. The normalized spacial score (nSPS) is 12.2. The van der Waals surface area contributed by atoms with Gasteiger partial charge in [0.15, 0.2) is 0 Å². The number of nitrogens with one attached hydrogen (secondary N) is 1. The van der Waals surface area contributed by atoms with Crippen LogP contribution in [0.2, 0.25) is 0 Å². The summed E-state index contributed by atoms with van der Waals surface area (Å²) in [5, 5.41) is 10.2. The van der Waals surface area contributed by atoms with Crippen molar-refractivity contribution in [1.82, 2.24) is 15.2 Å². The molecule has 0 aliphatic carbocycles. The van der Waals surface area contributed by atoms with E-state index in [1.54, 1.807) is 22.7 Å². The highest BCUT2D eigenvalue weighted by Gasteiger charge is 2.18. The number of likely N-dealkylation sites (N-methyl/N-ethyl adjacent to an activating group) is 1. The summed E-state index contributed by atoms with van der Waals surface area (Å²) in [6.07, 6.45) is 1.26. The van der Waals surface area contributed by atoms with E-state index in [9.17, 15) is 4.79 Å². The van der Waals surface area contributed by atoms with E-state index in [0.717, 1.165) is 35.8 Å². The van der Waals surface area contributed by atoms with Crippen molar-refractivity contribution in [3.05, 3.63) is 63.8 Å². The Morgan fingerprint density at radius 2 is 1.93 bits per heavy atom. The summed E-state index contributed by atoms with van der Waals surface area (Å²) >= 11 is 3.25. The molecular weight excluding hydrogens is 386 g/mol. The molecule has 4 nitrogen and oxygen atoms in total. The molecule has 2 heterocycles. The molecule has 6 heteroatoms. The number of carbonyl (C=O) groups excluding carboxylic acids is 1. The van der Waals surface area contributed by atoms with Crippen LogP contribution in [0.1, 0.15) is 25.1 Å². The van der Waals surface area contributed by atoms with Gasteiger partial charge in [0, 0.05) is 28.9 Å². The number of aromatic nitrogens is 1. The Morgan fingerprint density at radius 3 is 2.61 bits per heavy atom. The zero-order valence-electron chi connectivity index (χ0n) is 16.4. The van der Waals surface area contributed by atoms with E-state index in [1.165, 1.54) is 5.56 Å². The third kappa shape index (κ3) is 5.74. The Bertz CT molecular complexity index is 842. The highest BCUT2D eigenvalue weighted by Crippen LogP contribution is 2.25. The van der Waals surface area contributed by atoms with Gasteiger partial charge in [-0.3, -0.25) is 9.69 Å². The van der Waals surface area contributed by atoms with Crippen LogP contribution in [0.25, 0.3) is 10.6 Å². The lowest BCUT2D eigenvalue weighted by atomic mass is 10.0. The van der Waals surface area contributed by atoms with Crippen LogP contribution >= 0.6 is 22.7 Å². The second-order valence-electron chi connectivity index (χ2n) is 6.70. The maximum absolute atomic E-state index is 12.5. The third-order valence-electron chi connectivity index (χ3n) is 4.84. The van der Waals surface area contributed by atoms with E-state index < -0.39 is 0 Å². The molecule has 0 saturated heterocycles. The van der Waals surface area contributed by atoms with Gasteiger partial charge in [0.1, 0.15) is 5.01 Å². The van der Waals surface area contributed by atoms with Crippen molar-refractivity contribution >= 4 is 28.6 Å². The maximum atomic E-state index is 12.5. The van der Waals surface area contributed by atoms with Gasteiger partial charge < -0.3 is 5.32 Å². The smallest absolute Gasteiger partial charge is 0.226 e. The number of nitrogens with zero attached hydrogens (tertiary/aromatic N) is 2. The number of thiazole rings is 1. The summed E-state index contributed by atoms with van der Waals surface area (Å²) in [6, 6.07) is 12.8. The molecule has 0 fully saturated rings. The van der Waals surface area contributed by atoms with Gasteiger partial charge >= 0.3 is 0 Å². The van der Waals surface area contributed by atoms with Crippen LogP contribution in [0.3, 0.4) is 0 Å². The molecule has 148 valence electrons. The van der Waals surface area contributed by atoms with Crippen molar-refractivity contribution in [2.24, 2.45) is 0 Å². The van der Waals surface area contributed by atoms with Gasteiger partial charge in [-0.25, -0.2) is 4.98 Å². The summed E-state index contributed by atoms with van der Waals surface area (Å²) in [5.74, 6) is 0.0346. The molecule has 1 amide bonds. The largest absolute Gasteiger partial charge is 0.354 e. The zero-order chi connectivity index (χ0) is 19.8. The molecule has 1 N–H and O–H groups in total. The molecular formula is C22H27N3OS2. The minimum atomic E-state index is 0.0346. The van der Waals surface area contributed by atoms with Gasteiger partial charge in [0.05, 0.1) is 12.1 Å². The van der Waals surface area contributed by atoms with Crippen LogP contribution in [-0.2, 0) is 17.6 Å². The minimum absolute atomic E-state index is 0.0346. The zero-order valence-corrected chi connectivity index (χ0v) is 18.1. The molecule has 0 aliphatic heterocycles. The van der Waals surface area contributed by atoms with Crippen molar-refractivity contribution in [3.63, 3.8) is 0 Å². The number of thiophene rings is 1. The molecule has 2 aromatic heterocycles. The van der Waals surface area contributed by atoms with Crippen LogP contribution in [0.15, 0.2) is 52.5 Å². The highest BCUT2D eigenvalue weighted by atomic mass is 32.1. The topological polar surface area (TPSA) is 45.2 Å². The Hall–Kier alpha value is -2.02. The van der Waals surface area contributed by atoms with E-state index >= 15 is 0 Å². The first-order valence-corrected chi connectivity index (χ1v) is 11.5. The monoisotopic (exact) mass is 413 g/mol. The Balaban J connectivity index is 1.57. The van der Waals surface area contributed by atoms with Crippen LogP contribution in [0.4, 0.5) is 0 Å². The fourth-order valence-corrected chi connectivity index (χ4v) is 4.85. The number of hydrogen-bond acceptors (Lipinski definition) is 5. The first-order chi connectivity index (χ1) is 13.7. The Kier molecular flexibility index (Phi) is 7.77. The fraction of sp³-hybridized carbons (Fsp3) is 0.364. The van der Waals surface area contributed by atoms with E-state index in [0.29, 0.717) is 13.0 Å². The number of rotatable bonds is 10. The molecule has 1 unspecified atom stereocenters. The van der Waals surface area contributed by atoms with Gasteiger partial charge in [-0.05, 0) is 36.5 Å². The van der Waals surface area contributed by atoms with Crippen molar-refractivity contribution < 1.29 is 4.79 Å². The first kappa shape index (κ1) is 20.7. The lowest BCUT2D eigenvalue weighted by Crippen LogP contribution is -2.45. The van der Waals surface area contributed by atoms with Crippen LogP contribution in [0, 0.1) is 0 Å². The molecule has 0 spiro atoms. The van der Waals surface area contributed by atoms with Crippen LogP contribution in [-0.4, -0.2) is 41.5 Å². The van der Waals surface area contributed by atoms with Gasteiger partial charge in [-0.1, -0.05) is 44.2 Å². The summed E-state index contributed by atoms with van der Waals surface area (Å²) in [6.45, 7) is 6.94. The predicted octanol–water partition coefficient (Wildman–Crippen LogP) is 4.48. The van der Waals surface area contributed by atoms with Crippen molar-refractivity contribution in [3.8, 4) is 10.6 Å². The van der Waals surface area contributed by atoms with Crippen LogP contribution in [0.5, 0.6) is 0 Å².